The van der Waals surface area contributed by atoms with Crippen LogP contribution in [0.1, 0.15) is 226 Å². The average Bonchev–Trinajstić information content (AvgIpc) is 3.31. The molecule has 0 bridgehead atoms. The van der Waals surface area contributed by atoms with E-state index in [2.05, 4.69) is 38.2 Å². The van der Waals surface area contributed by atoms with Crippen molar-refractivity contribution in [2.24, 2.45) is 0 Å². The van der Waals surface area contributed by atoms with E-state index in [1.807, 2.05) is 94.1 Å². The van der Waals surface area contributed by atoms with Crippen LogP contribution in [-0.4, -0.2) is 74.3 Å². The van der Waals surface area contributed by atoms with Crippen molar-refractivity contribution in [1.82, 2.24) is 5.32 Å². The number of phosphoric acid groups is 1. The molecule has 0 saturated carbocycles. The number of hydrogen-bond donors (Lipinski definition) is 2. The first-order valence-electron chi connectivity index (χ1n) is 28.0. The summed E-state index contributed by atoms with van der Waals surface area (Å²) in [6.45, 7) is 6.82. The zero-order valence-electron chi connectivity index (χ0n) is 45.3. The first-order chi connectivity index (χ1) is 33.4. The lowest BCUT2D eigenvalue weighted by Gasteiger charge is -2.27. The smallest absolute Gasteiger partial charge is 0.456 e. The normalized spacial score (nSPS) is 14.5. The molecule has 10 heteroatoms. The number of phosphoric ester groups is 1. The van der Waals surface area contributed by atoms with Gasteiger partial charge >= 0.3 is 13.8 Å². The minimum Gasteiger partial charge on any atom is -0.456 e. The van der Waals surface area contributed by atoms with E-state index in [-0.39, 0.29) is 31.5 Å². The Kier molecular flexibility index (Phi) is 46.8. The Morgan fingerprint density at radius 3 is 1.41 bits per heavy atom. The third-order valence-electron chi connectivity index (χ3n) is 12.0. The highest BCUT2D eigenvalue weighted by atomic mass is 31.2. The molecule has 0 fully saturated rings. The highest BCUT2D eigenvalue weighted by Gasteiger charge is 2.30. The lowest BCUT2D eigenvalue weighted by molar-refractivity contribution is -0.870. The van der Waals surface area contributed by atoms with E-state index < -0.39 is 20.0 Å². The molecule has 69 heavy (non-hydrogen) atoms. The van der Waals surface area contributed by atoms with Crippen LogP contribution in [0.25, 0.3) is 0 Å². The van der Waals surface area contributed by atoms with Crippen molar-refractivity contribution in [3.8, 4) is 0 Å². The largest absolute Gasteiger partial charge is 0.472 e. The van der Waals surface area contributed by atoms with Gasteiger partial charge in [-0.2, -0.15) is 0 Å². The zero-order chi connectivity index (χ0) is 50.8. The van der Waals surface area contributed by atoms with Gasteiger partial charge in [0.2, 0.25) is 5.91 Å². The van der Waals surface area contributed by atoms with Crippen molar-refractivity contribution in [2.45, 2.75) is 238 Å². The van der Waals surface area contributed by atoms with Gasteiger partial charge in [0, 0.05) is 12.8 Å². The van der Waals surface area contributed by atoms with E-state index >= 15 is 0 Å². The van der Waals surface area contributed by atoms with Crippen molar-refractivity contribution >= 4 is 19.7 Å². The maximum Gasteiger partial charge on any atom is 0.472 e. The monoisotopic (exact) mass is 986 g/mol. The number of carbonyl (C=O) groups excluding carboxylic acids is 2. The molecule has 0 saturated heterocycles. The van der Waals surface area contributed by atoms with Crippen LogP contribution in [0, 0.1) is 0 Å². The molecular formula is C59H106N2O7P+. The van der Waals surface area contributed by atoms with Crippen molar-refractivity contribution in [2.75, 3.05) is 40.9 Å². The first-order valence-corrected chi connectivity index (χ1v) is 29.5. The van der Waals surface area contributed by atoms with Crippen LogP contribution in [0.3, 0.4) is 0 Å². The summed E-state index contributed by atoms with van der Waals surface area (Å²) in [6, 6.07) is -0.867. The number of rotatable bonds is 49. The van der Waals surface area contributed by atoms with Crippen LogP contribution in [0.15, 0.2) is 85.1 Å². The number of hydrogen-bond acceptors (Lipinski definition) is 6. The number of unbranched alkanes of at least 4 members (excludes halogenated alkanes) is 26. The molecule has 3 atom stereocenters. The predicted octanol–water partition coefficient (Wildman–Crippen LogP) is 16.7. The fourth-order valence-corrected chi connectivity index (χ4v) is 8.41. The summed E-state index contributed by atoms with van der Waals surface area (Å²) in [5, 5.41) is 3.03. The van der Waals surface area contributed by atoms with Crippen LogP contribution in [0.5, 0.6) is 0 Å². The zero-order valence-corrected chi connectivity index (χ0v) is 46.2. The van der Waals surface area contributed by atoms with Gasteiger partial charge in [-0.15, -0.1) is 0 Å². The number of allylic oxidation sites excluding steroid dienone is 13. The highest BCUT2D eigenvalue weighted by molar-refractivity contribution is 7.47. The second-order valence-corrected chi connectivity index (χ2v) is 21.3. The van der Waals surface area contributed by atoms with Crippen LogP contribution < -0.4 is 5.32 Å². The molecule has 2 N–H and O–H groups in total. The van der Waals surface area contributed by atoms with Crippen molar-refractivity contribution in [1.29, 1.82) is 0 Å². The number of ether oxygens (including phenoxy) is 1. The van der Waals surface area contributed by atoms with Gasteiger partial charge in [-0.25, -0.2) is 4.57 Å². The lowest BCUT2D eigenvalue weighted by atomic mass is 10.0. The van der Waals surface area contributed by atoms with E-state index in [4.69, 9.17) is 13.8 Å². The van der Waals surface area contributed by atoms with Gasteiger partial charge < -0.3 is 19.4 Å². The minimum atomic E-state index is -4.45. The molecule has 0 aliphatic carbocycles. The maximum absolute atomic E-state index is 13.5. The Bertz CT molecular complexity index is 1460. The molecule has 0 radical (unpaired) electrons. The van der Waals surface area contributed by atoms with E-state index in [9.17, 15) is 19.0 Å². The molecule has 0 heterocycles. The summed E-state index contributed by atoms with van der Waals surface area (Å²) in [6.07, 6.45) is 62.8. The second kappa shape index (κ2) is 48.8. The second-order valence-electron chi connectivity index (χ2n) is 19.9. The fraction of sp³-hybridized carbons (Fsp3) is 0.729. The molecule has 0 rings (SSSR count). The quantitative estimate of drug-likeness (QED) is 0.0156. The van der Waals surface area contributed by atoms with Gasteiger partial charge in [-0.1, -0.05) is 247 Å². The van der Waals surface area contributed by atoms with Crippen LogP contribution >= 0.6 is 7.82 Å². The van der Waals surface area contributed by atoms with Crippen molar-refractivity contribution < 1.29 is 37.3 Å². The molecule has 9 nitrogen and oxygen atoms in total. The standard InChI is InChI=1S/C59H105N2O7P/c1-7-10-13-16-19-22-25-28-29-30-31-34-37-40-43-46-49-52-59(63)68-57(50-47-44-41-38-35-32-26-23-20-17-14-11-8-2)56(55-67-69(64,65)66-54-53-61(4,5)6)60-58(62)51-48-45-42-39-36-33-27-24-21-18-15-12-9-3/h10,13,16,19,22,25,28-31,34,37,47,50,56-57H,7-9,11-12,14-15,17-18,20-21,23-24,26-27,32-33,35-36,38-46,48-49,51-55H2,1-6H3,(H-,60,62,64,65)/p+1/b13-10-,19-16+,25-22+,29-28-,31-30+,37-34+,50-47+. The first kappa shape index (κ1) is 66.2. The Hall–Kier alpha value is -2.81. The van der Waals surface area contributed by atoms with Gasteiger partial charge in [0.05, 0.1) is 33.8 Å². The van der Waals surface area contributed by atoms with E-state index in [1.54, 1.807) is 0 Å². The molecule has 0 aromatic rings. The lowest BCUT2D eigenvalue weighted by Crippen LogP contribution is -2.47. The van der Waals surface area contributed by atoms with Gasteiger partial charge in [0.1, 0.15) is 19.3 Å². The number of nitrogens with zero attached hydrogens (tertiary/aromatic N) is 1. The third-order valence-corrected chi connectivity index (χ3v) is 13.0. The summed E-state index contributed by atoms with van der Waals surface area (Å²) in [7, 11) is 1.46. The Morgan fingerprint density at radius 2 is 0.928 bits per heavy atom. The van der Waals surface area contributed by atoms with Gasteiger partial charge in [0.25, 0.3) is 0 Å². The molecule has 0 aliphatic heterocycles. The average molecular weight is 986 g/mol. The van der Waals surface area contributed by atoms with Crippen LogP contribution in [0.2, 0.25) is 0 Å². The number of amides is 1. The minimum absolute atomic E-state index is 0.0300. The predicted molar refractivity (Wildman–Crippen MR) is 295 cm³/mol. The molecule has 0 spiro atoms. The highest BCUT2D eigenvalue weighted by Crippen LogP contribution is 2.43. The fourth-order valence-electron chi connectivity index (χ4n) is 7.68. The van der Waals surface area contributed by atoms with Crippen molar-refractivity contribution in [3.05, 3.63) is 85.1 Å². The SMILES string of the molecule is CC\C=C/C=C/C=C/C=C\C=C\C=C\CCCCCC(=O)OC(/C=C/CCCCCCCCCCCCC)C(COP(=O)(O)OCC[N+](C)(C)C)NC(=O)CCCCCCCCCCCCCCC. The Morgan fingerprint density at radius 1 is 0.522 bits per heavy atom. The maximum atomic E-state index is 13.5. The summed E-state index contributed by atoms with van der Waals surface area (Å²) < 4.78 is 30.5. The number of nitrogens with one attached hydrogen (secondary N) is 1. The molecule has 1 amide bonds. The van der Waals surface area contributed by atoms with Crippen molar-refractivity contribution in [3.63, 3.8) is 0 Å². The van der Waals surface area contributed by atoms with Gasteiger partial charge in [-0.05, 0) is 51.0 Å². The van der Waals surface area contributed by atoms with Crippen LogP contribution in [0.4, 0.5) is 0 Å². The van der Waals surface area contributed by atoms with E-state index in [1.165, 1.54) is 122 Å². The summed E-state index contributed by atoms with van der Waals surface area (Å²) in [5.74, 6) is -0.557. The molecule has 0 aromatic heterocycles. The molecule has 398 valence electrons. The Balaban J connectivity index is 5.49. The Labute approximate surface area is 425 Å². The number of esters is 1. The molecule has 0 aromatic carbocycles. The van der Waals surface area contributed by atoms with E-state index in [0.717, 1.165) is 64.2 Å². The van der Waals surface area contributed by atoms with Gasteiger partial charge in [-0.3, -0.25) is 18.6 Å². The molecular weight excluding hydrogens is 880 g/mol. The topological polar surface area (TPSA) is 111 Å². The van der Waals surface area contributed by atoms with Crippen LogP contribution in [-0.2, 0) is 27.9 Å². The van der Waals surface area contributed by atoms with E-state index in [0.29, 0.717) is 23.9 Å². The number of likely N-dealkylation sites (N-methyl/N-ethyl adjacent to an activating group) is 1. The summed E-state index contributed by atoms with van der Waals surface area (Å²) in [5.41, 5.74) is 0. The molecule has 0 aliphatic rings. The number of quaternary nitrogens is 1. The summed E-state index contributed by atoms with van der Waals surface area (Å²) in [4.78, 5) is 37.5. The van der Waals surface area contributed by atoms with Gasteiger partial charge in [0.15, 0.2) is 0 Å². The summed E-state index contributed by atoms with van der Waals surface area (Å²) >= 11 is 0. The third kappa shape index (κ3) is 49.9. The molecule has 3 unspecified atom stereocenters. The number of carbonyl (C=O) groups is 2.